The van der Waals surface area contributed by atoms with E-state index in [1.807, 2.05) is 49.3 Å². The Balaban J connectivity index is 1.49. The number of benzene rings is 2. The van der Waals surface area contributed by atoms with Crippen LogP contribution in [0.1, 0.15) is 23.2 Å². The van der Waals surface area contributed by atoms with Crippen LogP contribution in [0.5, 0.6) is 0 Å². The molecule has 43 heavy (non-hydrogen) atoms. The Morgan fingerprint density at radius 3 is 2.67 bits per heavy atom. The standard InChI is InChI=1S/C30H31F2N9O2/c1-38(2)14-8-13-25(42)34-22-11-7-12-23(15-22)41-28-21(18-40(30(41)43)17-20-9-5-4-6-10-20)16-33-29(36-28)35-24-19-39(3)37-26(24)27(31)32/h4-13,15-16,19,27H,14,17-18H2,1-3H3,(H,34,42)(H,33,35,36)/b13-8+. The first-order chi connectivity index (χ1) is 20.7. The van der Waals surface area contributed by atoms with Crippen LogP contribution in [0.3, 0.4) is 0 Å². The molecule has 1 aliphatic heterocycles. The van der Waals surface area contributed by atoms with Crippen molar-refractivity contribution in [3.05, 3.63) is 96.0 Å². The van der Waals surface area contributed by atoms with Crippen molar-refractivity contribution in [2.75, 3.05) is 36.2 Å². The van der Waals surface area contributed by atoms with Gasteiger partial charge in [-0.1, -0.05) is 42.5 Å². The van der Waals surface area contributed by atoms with Gasteiger partial charge in [0.1, 0.15) is 0 Å². The molecule has 0 aliphatic carbocycles. The lowest BCUT2D eigenvalue weighted by Gasteiger charge is -2.36. The largest absolute Gasteiger partial charge is 0.330 e. The second kappa shape index (κ2) is 12.8. The van der Waals surface area contributed by atoms with Gasteiger partial charge in [0.15, 0.2) is 11.5 Å². The fourth-order valence-corrected chi connectivity index (χ4v) is 4.59. The van der Waals surface area contributed by atoms with Gasteiger partial charge in [-0.2, -0.15) is 10.1 Å². The summed E-state index contributed by atoms with van der Waals surface area (Å²) in [6.45, 7) is 1.19. The number of nitrogens with one attached hydrogen (secondary N) is 2. The molecule has 3 amide bonds. The van der Waals surface area contributed by atoms with Crippen molar-refractivity contribution in [1.29, 1.82) is 0 Å². The number of rotatable bonds is 10. The number of hydrogen-bond acceptors (Lipinski definition) is 7. The molecule has 0 bridgehead atoms. The maximum absolute atomic E-state index is 14.0. The second-order valence-electron chi connectivity index (χ2n) is 10.2. The highest BCUT2D eigenvalue weighted by Gasteiger charge is 2.34. The number of aromatic nitrogens is 4. The van der Waals surface area contributed by atoms with Gasteiger partial charge in [-0.3, -0.25) is 9.48 Å². The number of likely N-dealkylation sites (N-methyl/N-ethyl adjacent to an activating group) is 1. The van der Waals surface area contributed by atoms with Gasteiger partial charge >= 0.3 is 6.03 Å². The Hall–Kier alpha value is -5.17. The molecule has 0 spiro atoms. The molecular weight excluding hydrogens is 556 g/mol. The van der Waals surface area contributed by atoms with E-state index in [-0.39, 0.29) is 30.1 Å². The summed E-state index contributed by atoms with van der Waals surface area (Å²) in [5, 5.41) is 9.46. The normalized spacial score (nSPS) is 13.2. The Bertz CT molecular complexity index is 1640. The fraction of sp³-hybridized carbons (Fsp3) is 0.233. The van der Waals surface area contributed by atoms with Crippen molar-refractivity contribution in [2.24, 2.45) is 7.05 Å². The predicted molar refractivity (Wildman–Crippen MR) is 159 cm³/mol. The van der Waals surface area contributed by atoms with Crippen LogP contribution in [0.15, 0.2) is 79.1 Å². The number of amides is 3. The number of halogens is 2. The van der Waals surface area contributed by atoms with Gasteiger partial charge in [-0.25, -0.2) is 23.5 Å². The van der Waals surface area contributed by atoms with E-state index in [1.54, 1.807) is 41.4 Å². The minimum Gasteiger partial charge on any atom is -0.322 e. The quantitative estimate of drug-likeness (QED) is 0.245. The molecule has 0 radical (unpaired) electrons. The third kappa shape index (κ3) is 7.01. The van der Waals surface area contributed by atoms with Crippen molar-refractivity contribution >= 4 is 40.8 Å². The first-order valence-corrected chi connectivity index (χ1v) is 13.5. The lowest BCUT2D eigenvalue weighted by Crippen LogP contribution is -2.45. The van der Waals surface area contributed by atoms with E-state index in [9.17, 15) is 18.4 Å². The number of nitrogens with zero attached hydrogens (tertiary/aromatic N) is 7. The molecule has 0 unspecified atom stereocenters. The monoisotopic (exact) mass is 587 g/mol. The molecule has 1 aliphatic rings. The van der Waals surface area contributed by atoms with E-state index in [0.717, 1.165) is 5.56 Å². The third-order valence-electron chi connectivity index (χ3n) is 6.51. The highest BCUT2D eigenvalue weighted by molar-refractivity contribution is 6.03. The molecule has 13 heteroatoms. The molecule has 2 aromatic heterocycles. The molecule has 0 atom stereocenters. The molecule has 2 aromatic carbocycles. The molecule has 2 N–H and O–H groups in total. The summed E-state index contributed by atoms with van der Waals surface area (Å²) in [6, 6.07) is 16.1. The summed E-state index contributed by atoms with van der Waals surface area (Å²) in [5.41, 5.74) is 2.16. The van der Waals surface area contributed by atoms with Crippen molar-refractivity contribution in [3.8, 4) is 0 Å². The summed E-state index contributed by atoms with van der Waals surface area (Å²) in [6.07, 6.45) is 3.38. The fourth-order valence-electron chi connectivity index (χ4n) is 4.59. The van der Waals surface area contributed by atoms with E-state index < -0.39 is 12.1 Å². The molecule has 0 saturated carbocycles. The molecule has 0 saturated heterocycles. The van der Waals surface area contributed by atoms with Crippen LogP contribution in [0.25, 0.3) is 0 Å². The maximum atomic E-state index is 14.0. The van der Waals surface area contributed by atoms with Crippen molar-refractivity contribution in [3.63, 3.8) is 0 Å². The van der Waals surface area contributed by atoms with Gasteiger partial charge < -0.3 is 20.4 Å². The lowest BCUT2D eigenvalue weighted by molar-refractivity contribution is -0.111. The molecule has 4 aromatic rings. The molecule has 222 valence electrons. The number of aryl methyl sites for hydroxylation is 1. The van der Waals surface area contributed by atoms with Gasteiger partial charge in [0.25, 0.3) is 6.43 Å². The van der Waals surface area contributed by atoms with Crippen molar-refractivity contribution < 1.29 is 18.4 Å². The van der Waals surface area contributed by atoms with Crippen LogP contribution < -0.4 is 15.5 Å². The Labute approximate surface area is 247 Å². The van der Waals surface area contributed by atoms with E-state index in [0.29, 0.717) is 35.8 Å². The average molecular weight is 588 g/mol. The Morgan fingerprint density at radius 1 is 1.14 bits per heavy atom. The molecule has 3 heterocycles. The maximum Gasteiger partial charge on any atom is 0.330 e. The second-order valence-corrected chi connectivity index (χ2v) is 10.2. The van der Waals surface area contributed by atoms with Gasteiger partial charge in [-0.15, -0.1) is 0 Å². The molecule has 5 rings (SSSR count). The van der Waals surface area contributed by atoms with Crippen LogP contribution in [-0.2, 0) is 24.9 Å². The first kappa shape index (κ1) is 29.3. The zero-order valence-corrected chi connectivity index (χ0v) is 23.9. The van der Waals surface area contributed by atoms with Gasteiger partial charge in [0.05, 0.1) is 17.9 Å². The number of hydrogen-bond donors (Lipinski definition) is 2. The number of carbonyl (C=O) groups excluding carboxylic acids is 2. The van der Waals surface area contributed by atoms with Crippen LogP contribution in [0, 0.1) is 0 Å². The molecule has 11 nitrogen and oxygen atoms in total. The van der Waals surface area contributed by atoms with Crippen LogP contribution in [-0.4, -0.2) is 62.1 Å². The molecular formula is C30H31F2N9O2. The average Bonchev–Trinajstić information content (AvgIpc) is 3.34. The highest BCUT2D eigenvalue weighted by atomic mass is 19.3. The summed E-state index contributed by atoms with van der Waals surface area (Å²) in [7, 11) is 5.34. The van der Waals surface area contributed by atoms with E-state index in [4.69, 9.17) is 0 Å². The predicted octanol–water partition coefficient (Wildman–Crippen LogP) is 5.22. The minimum atomic E-state index is -2.80. The van der Waals surface area contributed by atoms with Gasteiger partial charge in [0.2, 0.25) is 11.9 Å². The van der Waals surface area contributed by atoms with Crippen molar-refractivity contribution in [1.82, 2.24) is 29.5 Å². The van der Waals surface area contributed by atoms with Gasteiger partial charge in [0, 0.05) is 49.9 Å². The number of alkyl halides is 2. The van der Waals surface area contributed by atoms with E-state index >= 15 is 0 Å². The van der Waals surface area contributed by atoms with E-state index in [2.05, 4.69) is 25.7 Å². The summed E-state index contributed by atoms with van der Waals surface area (Å²) >= 11 is 0. The Kier molecular flexibility index (Phi) is 8.71. The van der Waals surface area contributed by atoms with Crippen LogP contribution in [0.2, 0.25) is 0 Å². The van der Waals surface area contributed by atoms with Crippen molar-refractivity contribution in [2.45, 2.75) is 19.5 Å². The smallest absolute Gasteiger partial charge is 0.322 e. The SMILES string of the molecule is CN(C)C/C=C/C(=O)Nc1cccc(N2C(=O)N(Cc3ccccc3)Cc3cnc(Nc4cn(C)nc4C(F)F)nc32)c1. The Morgan fingerprint density at radius 2 is 1.93 bits per heavy atom. The van der Waals surface area contributed by atoms with Crippen LogP contribution >= 0.6 is 0 Å². The number of fused-ring (bicyclic) bond motifs is 1. The zero-order chi connectivity index (χ0) is 30.5. The van der Waals surface area contributed by atoms with E-state index in [1.165, 1.54) is 28.9 Å². The summed E-state index contributed by atoms with van der Waals surface area (Å²) in [4.78, 5) is 40.5. The summed E-state index contributed by atoms with van der Waals surface area (Å²) in [5.74, 6) is 0.0114. The van der Waals surface area contributed by atoms with Gasteiger partial charge in [-0.05, 0) is 37.9 Å². The number of anilines is 5. The van der Waals surface area contributed by atoms with Crippen LogP contribution in [0.4, 0.5) is 42.4 Å². The number of carbonyl (C=O) groups is 2. The minimum absolute atomic E-state index is 0.0263. The first-order valence-electron chi connectivity index (χ1n) is 13.5. The molecule has 0 fully saturated rings. The number of urea groups is 1. The third-order valence-corrected chi connectivity index (χ3v) is 6.51. The zero-order valence-electron chi connectivity index (χ0n) is 23.9. The highest BCUT2D eigenvalue weighted by Crippen LogP contribution is 2.36. The summed E-state index contributed by atoms with van der Waals surface area (Å²) < 4.78 is 28.4. The topological polar surface area (TPSA) is 112 Å². The lowest BCUT2D eigenvalue weighted by atomic mass is 10.1.